The van der Waals surface area contributed by atoms with E-state index in [0.29, 0.717) is 35.8 Å². The number of hydrogen-bond donors (Lipinski definition) is 1. The van der Waals surface area contributed by atoms with Crippen molar-refractivity contribution in [2.75, 3.05) is 20.8 Å². The first kappa shape index (κ1) is 24.3. The van der Waals surface area contributed by atoms with E-state index in [4.69, 9.17) is 9.47 Å². The second-order valence-electron chi connectivity index (χ2n) is 7.32. The number of benzene rings is 3. The maximum Gasteiger partial charge on any atom is 0.251 e. The molecule has 0 heterocycles. The van der Waals surface area contributed by atoms with Gasteiger partial charge >= 0.3 is 0 Å². The van der Waals surface area contributed by atoms with E-state index in [1.807, 2.05) is 31.2 Å². The Morgan fingerprint density at radius 3 is 2.33 bits per heavy atom. The van der Waals surface area contributed by atoms with Crippen molar-refractivity contribution in [3.05, 3.63) is 89.5 Å². The van der Waals surface area contributed by atoms with E-state index in [1.54, 1.807) is 55.6 Å². The summed E-state index contributed by atoms with van der Waals surface area (Å²) in [6.07, 6.45) is 0. The molecule has 0 aliphatic carbocycles. The Kier molecular flexibility index (Phi) is 8.08. The Labute approximate surface area is 195 Å². The standard InChI is InChI=1S/C25H28N2O5S/c1-4-32-24-15-14-19(25(28)26-17-20-10-8-9-13-23(20)31-3)16-21(24)18-27(2)33(29,30)22-11-6-5-7-12-22/h5-16H,4,17-18H2,1-3H3,(H,26,28). The number of carbonyl (C=O) groups is 1. The molecule has 174 valence electrons. The monoisotopic (exact) mass is 468 g/mol. The molecule has 0 aliphatic heterocycles. The van der Waals surface area contributed by atoms with Crippen LogP contribution in [0.1, 0.15) is 28.4 Å². The van der Waals surface area contributed by atoms with E-state index < -0.39 is 10.0 Å². The van der Waals surface area contributed by atoms with Gasteiger partial charge in [-0.2, -0.15) is 4.31 Å². The van der Waals surface area contributed by atoms with Crippen molar-refractivity contribution in [1.29, 1.82) is 0 Å². The molecule has 0 saturated carbocycles. The van der Waals surface area contributed by atoms with Gasteiger partial charge in [-0.05, 0) is 43.3 Å². The van der Waals surface area contributed by atoms with Crippen molar-refractivity contribution >= 4 is 15.9 Å². The van der Waals surface area contributed by atoms with Gasteiger partial charge in [0.15, 0.2) is 0 Å². The van der Waals surface area contributed by atoms with E-state index in [2.05, 4.69) is 5.32 Å². The lowest BCUT2D eigenvalue weighted by atomic mass is 10.1. The molecule has 3 aromatic carbocycles. The highest BCUT2D eigenvalue weighted by Crippen LogP contribution is 2.25. The lowest BCUT2D eigenvalue weighted by Crippen LogP contribution is -2.27. The molecule has 33 heavy (non-hydrogen) atoms. The molecular formula is C25H28N2O5S. The number of sulfonamides is 1. The van der Waals surface area contributed by atoms with Gasteiger partial charge in [-0.3, -0.25) is 4.79 Å². The summed E-state index contributed by atoms with van der Waals surface area (Å²) >= 11 is 0. The minimum absolute atomic E-state index is 0.0557. The Morgan fingerprint density at radius 1 is 0.939 bits per heavy atom. The highest BCUT2D eigenvalue weighted by Gasteiger charge is 2.22. The first-order valence-electron chi connectivity index (χ1n) is 10.5. The summed E-state index contributed by atoms with van der Waals surface area (Å²) in [5.74, 6) is 0.950. The molecule has 1 amide bonds. The third-order valence-electron chi connectivity index (χ3n) is 5.10. The van der Waals surface area contributed by atoms with Gasteiger partial charge in [-0.15, -0.1) is 0 Å². The number of nitrogens with one attached hydrogen (secondary N) is 1. The Morgan fingerprint density at radius 2 is 1.64 bits per heavy atom. The number of amides is 1. The summed E-state index contributed by atoms with van der Waals surface area (Å²) in [5.41, 5.74) is 1.87. The fourth-order valence-corrected chi connectivity index (χ4v) is 4.53. The second-order valence-corrected chi connectivity index (χ2v) is 9.37. The summed E-state index contributed by atoms with van der Waals surface area (Å²) in [7, 11) is -0.603. The zero-order valence-corrected chi connectivity index (χ0v) is 19.8. The summed E-state index contributed by atoms with van der Waals surface area (Å²) in [6.45, 7) is 2.62. The van der Waals surface area contributed by atoms with Crippen LogP contribution in [0, 0.1) is 0 Å². The molecule has 0 spiro atoms. The molecule has 0 radical (unpaired) electrons. The zero-order chi connectivity index (χ0) is 23.8. The molecular weight excluding hydrogens is 440 g/mol. The van der Waals surface area contributed by atoms with Crippen LogP contribution in [0.5, 0.6) is 11.5 Å². The molecule has 3 rings (SSSR count). The van der Waals surface area contributed by atoms with Crippen molar-refractivity contribution < 1.29 is 22.7 Å². The molecule has 8 heteroatoms. The van der Waals surface area contributed by atoms with Gasteiger partial charge in [0.25, 0.3) is 5.91 Å². The highest BCUT2D eigenvalue weighted by molar-refractivity contribution is 7.89. The molecule has 0 bridgehead atoms. The molecule has 0 fully saturated rings. The molecule has 0 unspecified atom stereocenters. The van der Waals surface area contributed by atoms with Crippen LogP contribution in [0.15, 0.2) is 77.7 Å². The van der Waals surface area contributed by atoms with Crippen molar-refractivity contribution in [3.8, 4) is 11.5 Å². The molecule has 0 aromatic heterocycles. The first-order valence-corrected chi connectivity index (χ1v) is 12.0. The van der Waals surface area contributed by atoms with E-state index in [-0.39, 0.29) is 17.3 Å². The fourth-order valence-electron chi connectivity index (χ4n) is 3.36. The van der Waals surface area contributed by atoms with Crippen molar-refractivity contribution in [1.82, 2.24) is 9.62 Å². The summed E-state index contributed by atoms with van der Waals surface area (Å²) < 4.78 is 38.1. The third-order valence-corrected chi connectivity index (χ3v) is 6.92. The Hall–Kier alpha value is -3.36. The predicted molar refractivity (Wildman–Crippen MR) is 127 cm³/mol. The molecule has 0 aliphatic rings. The lowest BCUT2D eigenvalue weighted by Gasteiger charge is -2.20. The van der Waals surface area contributed by atoms with Gasteiger partial charge in [0.05, 0.1) is 18.6 Å². The summed E-state index contributed by atoms with van der Waals surface area (Å²) in [5, 5.41) is 2.89. The van der Waals surface area contributed by atoms with E-state index in [1.165, 1.54) is 11.4 Å². The van der Waals surface area contributed by atoms with Gasteiger partial charge in [0.1, 0.15) is 11.5 Å². The van der Waals surface area contributed by atoms with Crippen LogP contribution in [-0.2, 0) is 23.1 Å². The van der Waals surface area contributed by atoms with Gasteiger partial charge in [0, 0.05) is 36.8 Å². The predicted octanol–water partition coefficient (Wildman–Crippen LogP) is 3.84. The average molecular weight is 469 g/mol. The van der Waals surface area contributed by atoms with Crippen molar-refractivity contribution in [3.63, 3.8) is 0 Å². The van der Waals surface area contributed by atoms with E-state index in [9.17, 15) is 13.2 Å². The summed E-state index contributed by atoms with van der Waals surface area (Å²) in [6, 6.07) is 20.7. The van der Waals surface area contributed by atoms with Gasteiger partial charge in [-0.25, -0.2) is 8.42 Å². The van der Waals surface area contributed by atoms with Gasteiger partial charge in [0.2, 0.25) is 10.0 Å². The molecule has 1 N–H and O–H groups in total. The number of nitrogens with zero attached hydrogens (tertiary/aromatic N) is 1. The highest BCUT2D eigenvalue weighted by atomic mass is 32.2. The number of methoxy groups -OCH3 is 1. The quantitative estimate of drug-likeness (QED) is 0.489. The number of hydrogen-bond acceptors (Lipinski definition) is 5. The van der Waals surface area contributed by atoms with Crippen LogP contribution >= 0.6 is 0 Å². The number of para-hydroxylation sites is 1. The van der Waals surface area contributed by atoms with Crippen molar-refractivity contribution in [2.24, 2.45) is 0 Å². The van der Waals surface area contributed by atoms with Crippen LogP contribution in [0.2, 0.25) is 0 Å². The van der Waals surface area contributed by atoms with E-state index in [0.717, 1.165) is 5.56 Å². The second kappa shape index (κ2) is 11.0. The Balaban J connectivity index is 1.81. The normalized spacial score (nSPS) is 11.3. The third kappa shape index (κ3) is 5.91. The summed E-state index contributed by atoms with van der Waals surface area (Å²) in [4.78, 5) is 13.0. The SMILES string of the molecule is CCOc1ccc(C(=O)NCc2ccccc2OC)cc1CN(C)S(=O)(=O)c1ccccc1. The molecule has 3 aromatic rings. The molecule has 0 saturated heterocycles. The minimum Gasteiger partial charge on any atom is -0.496 e. The molecule has 0 atom stereocenters. The number of ether oxygens (including phenoxy) is 2. The number of carbonyl (C=O) groups excluding carboxylic acids is 1. The van der Waals surface area contributed by atoms with Crippen LogP contribution in [0.25, 0.3) is 0 Å². The van der Waals surface area contributed by atoms with Crippen LogP contribution in [-0.4, -0.2) is 39.4 Å². The van der Waals surface area contributed by atoms with Crippen LogP contribution < -0.4 is 14.8 Å². The van der Waals surface area contributed by atoms with E-state index >= 15 is 0 Å². The van der Waals surface area contributed by atoms with Crippen LogP contribution in [0.4, 0.5) is 0 Å². The lowest BCUT2D eigenvalue weighted by molar-refractivity contribution is 0.0950. The van der Waals surface area contributed by atoms with Crippen LogP contribution in [0.3, 0.4) is 0 Å². The zero-order valence-electron chi connectivity index (χ0n) is 18.9. The van der Waals surface area contributed by atoms with Gasteiger partial charge in [-0.1, -0.05) is 36.4 Å². The number of rotatable bonds is 10. The van der Waals surface area contributed by atoms with Crippen molar-refractivity contribution in [2.45, 2.75) is 24.9 Å². The molecule has 7 nitrogen and oxygen atoms in total. The smallest absolute Gasteiger partial charge is 0.251 e. The topological polar surface area (TPSA) is 84.9 Å². The average Bonchev–Trinajstić information content (AvgIpc) is 2.84. The largest absolute Gasteiger partial charge is 0.496 e. The minimum atomic E-state index is -3.69. The Bertz CT molecular complexity index is 1200. The first-order chi connectivity index (χ1) is 15.9. The maximum absolute atomic E-state index is 12.9. The maximum atomic E-state index is 12.9. The fraction of sp³-hybridized carbons (Fsp3) is 0.240. The van der Waals surface area contributed by atoms with Gasteiger partial charge < -0.3 is 14.8 Å².